The SMILES string of the molecule is CN=C(NCCc1cccc(F)c1)NCCN(C)CC(F)(F)F.I. The molecule has 9 heteroatoms. The van der Waals surface area contributed by atoms with Crippen LogP contribution < -0.4 is 10.6 Å². The van der Waals surface area contributed by atoms with Crippen LogP contribution in [0.1, 0.15) is 5.56 Å². The minimum Gasteiger partial charge on any atom is -0.356 e. The van der Waals surface area contributed by atoms with Gasteiger partial charge in [0.05, 0.1) is 6.54 Å². The van der Waals surface area contributed by atoms with Crippen molar-refractivity contribution in [2.45, 2.75) is 12.6 Å². The zero-order valence-corrected chi connectivity index (χ0v) is 16.0. The number of nitrogens with zero attached hydrogens (tertiary/aromatic N) is 2. The van der Waals surface area contributed by atoms with Crippen molar-refractivity contribution >= 4 is 29.9 Å². The molecule has 0 aliphatic carbocycles. The lowest BCUT2D eigenvalue weighted by Crippen LogP contribution is -2.42. The monoisotopic (exact) mass is 462 g/mol. The third kappa shape index (κ3) is 10.6. The summed E-state index contributed by atoms with van der Waals surface area (Å²) in [6.07, 6.45) is -3.58. The van der Waals surface area contributed by atoms with Crippen LogP contribution in [0.2, 0.25) is 0 Å². The van der Waals surface area contributed by atoms with Crippen LogP contribution in [0, 0.1) is 5.82 Å². The number of hydrogen-bond donors (Lipinski definition) is 2. The summed E-state index contributed by atoms with van der Waals surface area (Å²) in [5.74, 6) is 0.222. The number of aliphatic imine (C=N–C) groups is 1. The fourth-order valence-corrected chi connectivity index (χ4v) is 1.99. The molecule has 0 unspecified atom stereocenters. The predicted molar refractivity (Wildman–Crippen MR) is 98.4 cm³/mol. The van der Waals surface area contributed by atoms with Crippen LogP contribution in [0.25, 0.3) is 0 Å². The Morgan fingerprint density at radius 2 is 1.88 bits per heavy atom. The van der Waals surface area contributed by atoms with E-state index in [0.29, 0.717) is 25.5 Å². The van der Waals surface area contributed by atoms with E-state index in [-0.39, 0.29) is 36.3 Å². The van der Waals surface area contributed by atoms with E-state index >= 15 is 0 Å². The molecule has 0 aliphatic heterocycles. The first-order chi connectivity index (χ1) is 10.8. The van der Waals surface area contributed by atoms with Gasteiger partial charge in [0.1, 0.15) is 5.82 Å². The molecule has 1 aromatic carbocycles. The largest absolute Gasteiger partial charge is 0.401 e. The van der Waals surface area contributed by atoms with E-state index < -0.39 is 12.7 Å². The Morgan fingerprint density at radius 1 is 1.21 bits per heavy atom. The van der Waals surface area contributed by atoms with Crippen LogP contribution in [0.4, 0.5) is 17.6 Å². The molecule has 0 aliphatic rings. The number of nitrogens with one attached hydrogen (secondary N) is 2. The number of likely N-dealkylation sites (N-methyl/N-ethyl adjacent to an activating group) is 1. The second kappa shape index (κ2) is 11.5. The molecule has 0 atom stereocenters. The van der Waals surface area contributed by atoms with Crippen molar-refractivity contribution < 1.29 is 17.6 Å². The van der Waals surface area contributed by atoms with Crippen molar-refractivity contribution in [3.8, 4) is 0 Å². The standard InChI is InChI=1S/C15H22F4N4.HI/c1-20-14(22-8-9-23(2)11-15(17,18)19)21-7-6-12-4-3-5-13(16)10-12;/h3-5,10H,6-9,11H2,1-2H3,(H2,20,21,22);1H. The van der Waals surface area contributed by atoms with E-state index in [1.807, 2.05) is 6.07 Å². The molecule has 0 fully saturated rings. The van der Waals surface area contributed by atoms with Gasteiger partial charge in [-0.05, 0) is 31.2 Å². The van der Waals surface area contributed by atoms with E-state index in [1.165, 1.54) is 24.1 Å². The number of halogens is 5. The highest BCUT2D eigenvalue weighted by Crippen LogP contribution is 2.14. The Hall–Kier alpha value is -1.10. The fraction of sp³-hybridized carbons (Fsp3) is 0.533. The average molecular weight is 462 g/mol. The fourth-order valence-electron chi connectivity index (χ4n) is 1.99. The maximum atomic E-state index is 13.0. The summed E-state index contributed by atoms with van der Waals surface area (Å²) in [4.78, 5) is 5.18. The summed E-state index contributed by atoms with van der Waals surface area (Å²) in [5.41, 5.74) is 0.859. The van der Waals surface area contributed by atoms with Gasteiger partial charge in [-0.25, -0.2) is 4.39 Å². The van der Waals surface area contributed by atoms with Gasteiger partial charge in [-0.3, -0.25) is 9.89 Å². The van der Waals surface area contributed by atoms with Crippen molar-refractivity contribution in [3.63, 3.8) is 0 Å². The third-order valence-electron chi connectivity index (χ3n) is 3.05. The Bertz CT molecular complexity index is 508. The summed E-state index contributed by atoms with van der Waals surface area (Å²) in [5, 5.41) is 5.97. The molecule has 1 rings (SSSR count). The van der Waals surface area contributed by atoms with E-state index in [0.717, 1.165) is 5.56 Å². The summed E-state index contributed by atoms with van der Waals surface area (Å²) < 4.78 is 49.6. The van der Waals surface area contributed by atoms with Crippen LogP contribution in [0.5, 0.6) is 0 Å². The van der Waals surface area contributed by atoms with Gasteiger partial charge in [0.2, 0.25) is 0 Å². The molecule has 0 saturated heterocycles. The number of hydrogen-bond acceptors (Lipinski definition) is 2. The number of guanidine groups is 1. The van der Waals surface area contributed by atoms with Gasteiger partial charge < -0.3 is 10.6 Å². The van der Waals surface area contributed by atoms with Crippen molar-refractivity contribution in [3.05, 3.63) is 35.6 Å². The molecule has 0 bridgehead atoms. The topological polar surface area (TPSA) is 39.7 Å². The molecule has 0 radical (unpaired) electrons. The van der Waals surface area contributed by atoms with Gasteiger partial charge in [0, 0.05) is 26.7 Å². The summed E-state index contributed by atoms with van der Waals surface area (Å²) in [6, 6.07) is 6.32. The van der Waals surface area contributed by atoms with E-state index in [2.05, 4.69) is 15.6 Å². The smallest absolute Gasteiger partial charge is 0.356 e. The lowest BCUT2D eigenvalue weighted by atomic mass is 10.1. The first kappa shape index (κ1) is 22.9. The molecule has 2 N–H and O–H groups in total. The molecule has 0 aromatic heterocycles. The van der Waals surface area contributed by atoms with Crippen molar-refractivity contribution in [2.75, 3.05) is 40.3 Å². The first-order valence-corrected chi connectivity index (χ1v) is 7.24. The number of benzene rings is 1. The third-order valence-corrected chi connectivity index (χ3v) is 3.05. The summed E-state index contributed by atoms with van der Waals surface area (Å²) in [6.45, 7) is 0.179. The minimum absolute atomic E-state index is 0. The lowest BCUT2D eigenvalue weighted by molar-refractivity contribution is -0.142. The van der Waals surface area contributed by atoms with Crippen LogP contribution in [-0.2, 0) is 6.42 Å². The quantitative estimate of drug-likeness (QED) is 0.284. The Kier molecular flexibility index (Phi) is 10.9. The maximum Gasteiger partial charge on any atom is 0.401 e. The van der Waals surface area contributed by atoms with Crippen LogP contribution in [0.15, 0.2) is 29.3 Å². The first-order valence-electron chi connectivity index (χ1n) is 7.24. The van der Waals surface area contributed by atoms with Crippen LogP contribution in [0.3, 0.4) is 0 Å². The maximum absolute atomic E-state index is 13.0. The molecule has 1 aromatic rings. The average Bonchev–Trinajstić information content (AvgIpc) is 2.43. The molecule has 138 valence electrons. The molecule has 0 amide bonds. The highest BCUT2D eigenvalue weighted by Gasteiger charge is 2.28. The van der Waals surface area contributed by atoms with Crippen molar-refractivity contribution in [1.29, 1.82) is 0 Å². The van der Waals surface area contributed by atoms with Crippen LogP contribution >= 0.6 is 24.0 Å². The van der Waals surface area contributed by atoms with Crippen molar-refractivity contribution in [1.82, 2.24) is 15.5 Å². The van der Waals surface area contributed by atoms with Gasteiger partial charge in [0.25, 0.3) is 0 Å². The van der Waals surface area contributed by atoms with Gasteiger partial charge >= 0.3 is 6.18 Å². The highest BCUT2D eigenvalue weighted by atomic mass is 127. The summed E-state index contributed by atoms with van der Waals surface area (Å²) >= 11 is 0. The van der Waals surface area contributed by atoms with Gasteiger partial charge in [-0.2, -0.15) is 13.2 Å². The van der Waals surface area contributed by atoms with Gasteiger partial charge in [-0.15, -0.1) is 24.0 Å². The molecular weight excluding hydrogens is 439 g/mol. The second-order valence-electron chi connectivity index (χ2n) is 5.16. The Morgan fingerprint density at radius 3 is 2.46 bits per heavy atom. The van der Waals surface area contributed by atoms with E-state index in [1.54, 1.807) is 13.1 Å². The number of rotatable bonds is 7. The van der Waals surface area contributed by atoms with E-state index in [9.17, 15) is 17.6 Å². The van der Waals surface area contributed by atoms with Crippen LogP contribution in [-0.4, -0.2) is 57.3 Å². The zero-order valence-electron chi connectivity index (χ0n) is 13.7. The highest BCUT2D eigenvalue weighted by molar-refractivity contribution is 14.0. The number of alkyl halides is 3. The molecule has 0 saturated carbocycles. The minimum atomic E-state index is -4.19. The van der Waals surface area contributed by atoms with Gasteiger partial charge in [-0.1, -0.05) is 12.1 Å². The molecule has 0 heterocycles. The normalized spacial score (nSPS) is 12.0. The van der Waals surface area contributed by atoms with Crippen molar-refractivity contribution in [2.24, 2.45) is 4.99 Å². The second-order valence-corrected chi connectivity index (χ2v) is 5.16. The van der Waals surface area contributed by atoms with E-state index in [4.69, 9.17) is 0 Å². The predicted octanol–water partition coefficient (Wildman–Crippen LogP) is 2.65. The Labute approximate surface area is 156 Å². The molecular formula is C15H23F4IN4. The molecule has 0 spiro atoms. The Balaban J connectivity index is 0.00000529. The lowest BCUT2D eigenvalue weighted by Gasteiger charge is -2.19. The molecule has 24 heavy (non-hydrogen) atoms. The van der Waals surface area contributed by atoms with Gasteiger partial charge in [0.15, 0.2) is 5.96 Å². The summed E-state index contributed by atoms with van der Waals surface area (Å²) in [7, 11) is 2.99. The molecule has 4 nitrogen and oxygen atoms in total. The zero-order chi connectivity index (χ0) is 17.3.